The van der Waals surface area contributed by atoms with E-state index in [2.05, 4.69) is 0 Å². The minimum absolute atomic E-state index is 0.00613. The minimum Gasteiger partial charge on any atom is -0.408 e. The molecule has 0 saturated heterocycles. The Kier molecular flexibility index (Phi) is 4.74. The number of carbonyl (C=O) groups is 1. The van der Waals surface area contributed by atoms with E-state index in [0.717, 1.165) is 22.3 Å². The van der Waals surface area contributed by atoms with Crippen molar-refractivity contribution in [2.45, 2.75) is 33.7 Å². The highest BCUT2D eigenvalue weighted by Gasteiger charge is 2.17. The molecule has 0 fully saturated rings. The molecule has 0 aliphatic rings. The van der Waals surface area contributed by atoms with Gasteiger partial charge in [0.05, 0.1) is 5.52 Å². The Morgan fingerprint density at radius 1 is 1.16 bits per heavy atom. The highest BCUT2D eigenvalue weighted by molar-refractivity contribution is 5.94. The van der Waals surface area contributed by atoms with Crippen molar-refractivity contribution in [2.75, 3.05) is 11.4 Å². The summed E-state index contributed by atoms with van der Waals surface area (Å²) in [5, 5.41) is 0. The highest BCUT2D eigenvalue weighted by atomic mass is 16.4. The van der Waals surface area contributed by atoms with Crippen molar-refractivity contribution in [3.63, 3.8) is 0 Å². The van der Waals surface area contributed by atoms with Crippen LogP contribution in [0.25, 0.3) is 11.1 Å². The Bertz CT molecular complexity index is 968. The van der Waals surface area contributed by atoms with E-state index < -0.39 is 5.76 Å². The normalized spacial score (nSPS) is 11.0. The molecule has 0 saturated carbocycles. The molecule has 0 N–H and O–H groups in total. The third-order valence-corrected chi connectivity index (χ3v) is 4.40. The summed E-state index contributed by atoms with van der Waals surface area (Å²) >= 11 is 0. The van der Waals surface area contributed by atoms with E-state index in [9.17, 15) is 9.59 Å². The minimum atomic E-state index is -0.427. The number of rotatable bonds is 5. The van der Waals surface area contributed by atoms with Crippen molar-refractivity contribution in [1.82, 2.24) is 4.57 Å². The Labute approximate surface area is 146 Å². The van der Waals surface area contributed by atoms with Gasteiger partial charge in [-0.25, -0.2) is 4.79 Å². The molecule has 0 aliphatic carbocycles. The van der Waals surface area contributed by atoms with Crippen LogP contribution in [0, 0.1) is 13.8 Å². The second-order valence-electron chi connectivity index (χ2n) is 6.17. The molecule has 1 aromatic heterocycles. The molecule has 5 heteroatoms. The highest BCUT2D eigenvalue weighted by Crippen LogP contribution is 2.22. The van der Waals surface area contributed by atoms with Crippen molar-refractivity contribution in [2.24, 2.45) is 0 Å². The van der Waals surface area contributed by atoms with Crippen molar-refractivity contribution < 1.29 is 9.21 Å². The fraction of sp³-hybridized carbons (Fsp3) is 0.300. The molecule has 130 valence electrons. The summed E-state index contributed by atoms with van der Waals surface area (Å²) in [6.45, 7) is 6.86. The summed E-state index contributed by atoms with van der Waals surface area (Å²) in [4.78, 5) is 26.6. The summed E-state index contributed by atoms with van der Waals surface area (Å²) < 4.78 is 6.74. The molecule has 0 spiro atoms. The van der Waals surface area contributed by atoms with Crippen LogP contribution in [0.4, 0.5) is 5.69 Å². The number of hydrogen-bond acceptors (Lipinski definition) is 3. The van der Waals surface area contributed by atoms with Crippen LogP contribution in [0.3, 0.4) is 0 Å². The molecule has 2 aromatic carbocycles. The number of anilines is 1. The molecule has 0 aliphatic heterocycles. The van der Waals surface area contributed by atoms with E-state index in [4.69, 9.17) is 4.42 Å². The van der Waals surface area contributed by atoms with Crippen molar-refractivity contribution >= 4 is 22.7 Å². The van der Waals surface area contributed by atoms with Crippen LogP contribution in [-0.2, 0) is 11.3 Å². The van der Waals surface area contributed by atoms with Crippen molar-refractivity contribution in [3.8, 4) is 0 Å². The fourth-order valence-corrected chi connectivity index (χ4v) is 3.06. The molecule has 0 unspecified atom stereocenters. The SMILES string of the molecule is CCN(C(=O)CCn1c(=O)oc2ccccc21)c1cc(C)ccc1C. The predicted molar refractivity (Wildman–Crippen MR) is 99.0 cm³/mol. The first-order valence-corrected chi connectivity index (χ1v) is 8.47. The second-order valence-corrected chi connectivity index (χ2v) is 6.17. The number of benzene rings is 2. The van der Waals surface area contributed by atoms with Gasteiger partial charge in [0, 0.05) is 25.2 Å². The number of amides is 1. The van der Waals surface area contributed by atoms with Gasteiger partial charge in [0.25, 0.3) is 0 Å². The van der Waals surface area contributed by atoms with Crippen LogP contribution in [0.5, 0.6) is 0 Å². The molecule has 3 rings (SSSR count). The Morgan fingerprint density at radius 2 is 1.92 bits per heavy atom. The number of para-hydroxylation sites is 2. The number of fused-ring (bicyclic) bond motifs is 1. The van der Waals surface area contributed by atoms with Gasteiger partial charge < -0.3 is 9.32 Å². The molecule has 25 heavy (non-hydrogen) atoms. The number of aryl methyl sites for hydroxylation is 3. The van der Waals surface area contributed by atoms with Gasteiger partial charge in [0.1, 0.15) is 0 Å². The quantitative estimate of drug-likeness (QED) is 0.713. The van der Waals surface area contributed by atoms with Gasteiger partial charge in [-0.3, -0.25) is 9.36 Å². The van der Waals surface area contributed by atoms with Gasteiger partial charge in [-0.15, -0.1) is 0 Å². The Balaban J connectivity index is 1.82. The fourth-order valence-electron chi connectivity index (χ4n) is 3.06. The zero-order chi connectivity index (χ0) is 18.0. The maximum atomic E-state index is 12.8. The summed E-state index contributed by atoms with van der Waals surface area (Å²) in [5.41, 5.74) is 4.37. The molecular weight excluding hydrogens is 316 g/mol. The van der Waals surface area contributed by atoms with Crippen molar-refractivity contribution in [1.29, 1.82) is 0 Å². The zero-order valence-electron chi connectivity index (χ0n) is 14.8. The summed E-state index contributed by atoms with van der Waals surface area (Å²) in [6, 6.07) is 13.3. The third kappa shape index (κ3) is 3.36. The molecule has 0 atom stereocenters. The van der Waals surface area contributed by atoms with Gasteiger partial charge >= 0.3 is 5.76 Å². The lowest BCUT2D eigenvalue weighted by atomic mass is 10.1. The smallest absolute Gasteiger partial charge is 0.408 e. The largest absolute Gasteiger partial charge is 0.419 e. The summed E-state index contributed by atoms with van der Waals surface area (Å²) in [6.07, 6.45) is 0.241. The van der Waals surface area contributed by atoms with Gasteiger partial charge in [0.15, 0.2) is 5.58 Å². The van der Waals surface area contributed by atoms with Gasteiger partial charge in [-0.1, -0.05) is 24.3 Å². The first-order chi connectivity index (χ1) is 12.0. The zero-order valence-corrected chi connectivity index (χ0v) is 14.8. The van der Waals surface area contributed by atoms with E-state index in [-0.39, 0.29) is 12.3 Å². The lowest BCUT2D eigenvalue weighted by molar-refractivity contribution is -0.118. The van der Waals surface area contributed by atoms with Crippen LogP contribution in [0.2, 0.25) is 0 Å². The predicted octanol–water partition coefficient (Wildman–Crippen LogP) is 3.65. The van der Waals surface area contributed by atoms with Crippen LogP contribution in [0.15, 0.2) is 51.7 Å². The van der Waals surface area contributed by atoms with E-state index in [1.165, 1.54) is 4.57 Å². The van der Waals surface area contributed by atoms with Crippen molar-refractivity contribution in [3.05, 3.63) is 64.1 Å². The number of nitrogens with zero attached hydrogens (tertiary/aromatic N) is 2. The second kappa shape index (κ2) is 6.97. The summed E-state index contributed by atoms with van der Waals surface area (Å²) in [5.74, 6) is -0.433. The van der Waals surface area contributed by atoms with E-state index in [1.807, 2.05) is 57.2 Å². The van der Waals surface area contributed by atoms with Crippen LogP contribution < -0.4 is 10.7 Å². The van der Waals surface area contributed by atoms with E-state index in [0.29, 0.717) is 18.7 Å². The maximum absolute atomic E-state index is 12.8. The topological polar surface area (TPSA) is 55.5 Å². The molecule has 0 bridgehead atoms. The lowest BCUT2D eigenvalue weighted by Gasteiger charge is -2.23. The number of aromatic nitrogens is 1. The summed E-state index contributed by atoms with van der Waals surface area (Å²) in [7, 11) is 0. The molecule has 1 amide bonds. The molecule has 0 radical (unpaired) electrons. The van der Waals surface area contributed by atoms with E-state index >= 15 is 0 Å². The van der Waals surface area contributed by atoms with Crippen LogP contribution in [-0.4, -0.2) is 17.0 Å². The Hall–Kier alpha value is -2.82. The number of hydrogen-bond donors (Lipinski definition) is 0. The molecule has 1 heterocycles. The third-order valence-electron chi connectivity index (χ3n) is 4.40. The first-order valence-electron chi connectivity index (χ1n) is 8.47. The van der Waals surface area contributed by atoms with Gasteiger partial charge in [-0.2, -0.15) is 0 Å². The van der Waals surface area contributed by atoms with Crippen LogP contribution in [0.1, 0.15) is 24.5 Å². The average Bonchev–Trinajstić information content (AvgIpc) is 2.92. The molecule has 5 nitrogen and oxygen atoms in total. The molecule has 3 aromatic rings. The van der Waals surface area contributed by atoms with E-state index in [1.54, 1.807) is 11.0 Å². The standard InChI is InChI=1S/C20H22N2O3/c1-4-21(17-13-14(2)9-10-15(17)3)19(23)11-12-22-16-7-5-6-8-18(16)25-20(22)24/h5-10,13H,4,11-12H2,1-3H3. The van der Waals surface area contributed by atoms with Crippen LogP contribution >= 0.6 is 0 Å². The van der Waals surface area contributed by atoms with Gasteiger partial charge in [0.2, 0.25) is 5.91 Å². The number of carbonyl (C=O) groups excluding carboxylic acids is 1. The number of oxazole rings is 1. The lowest BCUT2D eigenvalue weighted by Crippen LogP contribution is -2.32. The molecular formula is C20H22N2O3. The first kappa shape index (κ1) is 17.0. The average molecular weight is 338 g/mol. The maximum Gasteiger partial charge on any atom is 0.419 e. The van der Waals surface area contributed by atoms with Gasteiger partial charge in [-0.05, 0) is 50.1 Å². The monoisotopic (exact) mass is 338 g/mol. The Morgan fingerprint density at radius 3 is 2.68 bits per heavy atom.